The van der Waals surface area contributed by atoms with E-state index >= 15 is 0 Å². The molecule has 6 nitrogen and oxygen atoms in total. The molecule has 1 aromatic heterocycles. The van der Waals surface area contributed by atoms with Crippen LogP contribution in [0.4, 0.5) is 11.4 Å². The number of fused-ring (bicyclic) bond motifs is 1. The minimum absolute atomic E-state index is 0.0394. The lowest BCUT2D eigenvalue weighted by Gasteiger charge is -2.16. The van der Waals surface area contributed by atoms with Gasteiger partial charge in [0.15, 0.2) is 0 Å². The molecule has 1 aromatic carbocycles. The molecule has 0 spiro atoms. The summed E-state index contributed by atoms with van der Waals surface area (Å²) in [5, 5.41) is 6.85. The number of amides is 2. The zero-order chi connectivity index (χ0) is 17.4. The molecular formula is C18H21N3O3. The smallest absolute Gasteiger partial charge is 0.231 e. The topological polar surface area (TPSA) is 75.4 Å². The van der Waals surface area contributed by atoms with Crippen molar-refractivity contribution in [1.29, 1.82) is 0 Å². The molecule has 1 aliphatic heterocycles. The highest BCUT2D eigenvalue weighted by Gasteiger charge is 2.25. The van der Waals surface area contributed by atoms with Crippen LogP contribution in [0.15, 0.2) is 22.7 Å². The molecule has 2 amide bonds. The molecule has 6 heteroatoms. The minimum Gasteiger partial charge on any atom is -0.361 e. The van der Waals surface area contributed by atoms with Gasteiger partial charge in [-0.05, 0) is 51.0 Å². The van der Waals surface area contributed by atoms with Crippen LogP contribution in [-0.2, 0) is 16.0 Å². The summed E-state index contributed by atoms with van der Waals surface area (Å²) in [5.74, 6) is 0.253. The molecule has 2 heterocycles. The van der Waals surface area contributed by atoms with E-state index in [1.54, 1.807) is 11.8 Å². The molecule has 2 aromatic rings. The number of carbonyl (C=O) groups excluding carboxylic acids is 2. The number of rotatable bonds is 3. The van der Waals surface area contributed by atoms with Gasteiger partial charge < -0.3 is 14.7 Å². The van der Waals surface area contributed by atoms with Crippen LogP contribution >= 0.6 is 0 Å². The molecule has 0 unspecified atom stereocenters. The SMILES string of the molecule is CC(=O)N1CCc2cc(NC(=O)[C@H](C)c3c(C)noc3C)ccc21. The molecule has 0 saturated carbocycles. The first kappa shape index (κ1) is 16.2. The van der Waals surface area contributed by atoms with E-state index in [1.165, 1.54) is 0 Å². The van der Waals surface area contributed by atoms with E-state index in [9.17, 15) is 9.59 Å². The number of aryl methyl sites for hydroxylation is 2. The van der Waals surface area contributed by atoms with Crippen molar-refractivity contribution in [1.82, 2.24) is 5.16 Å². The highest BCUT2D eigenvalue weighted by molar-refractivity contribution is 5.97. The maximum absolute atomic E-state index is 12.5. The normalized spacial score (nSPS) is 14.4. The Morgan fingerprint density at radius 3 is 2.71 bits per heavy atom. The maximum atomic E-state index is 12.5. The van der Waals surface area contributed by atoms with Crippen LogP contribution in [0.2, 0.25) is 0 Å². The average molecular weight is 327 g/mol. The Labute approximate surface area is 140 Å². The Balaban J connectivity index is 1.77. The molecule has 3 rings (SSSR count). The number of benzene rings is 1. The van der Waals surface area contributed by atoms with Crippen molar-refractivity contribution < 1.29 is 14.1 Å². The van der Waals surface area contributed by atoms with Gasteiger partial charge in [-0.15, -0.1) is 0 Å². The van der Waals surface area contributed by atoms with E-state index in [-0.39, 0.29) is 17.7 Å². The Morgan fingerprint density at radius 1 is 1.33 bits per heavy atom. The molecule has 0 saturated heterocycles. The van der Waals surface area contributed by atoms with Crippen molar-refractivity contribution in [3.63, 3.8) is 0 Å². The van der Waals surface area contributed by atoms with Gasteiger partial charge in [0.2, 0.25) is 11.8 Å². The van der Waals surface area contributed by atoms with Crippen molar-refractivity contribution in [3.05, 3.63) is 40.8 Å². The van der Waals surface area contributed by atoms with Gasteiger partial charge in [0.05, 0.1) is 11.6 Å². The second kappa shape index (κ2) is 6.11. The van der Waals surface area contributed by atoms with Gasteiger partial charge in [-0.1, -0.05) is 5.16 Å². The van der Waals surface area contributed by atoms with Crippen LogP contribution in [0, 0.1) is 13.8 Å². The minimum atomic E-state index is -0.349. The number of nitrogens with one attached hydrogen (secondary N) is 1. The summed E-state index contributed by atoms with van der Waals surface area (Å²) >= 11 is 0. The lowest BCUT2D eigenvalue weighted by molar-refractivity contribution is -0.117. The molecule has 0 aliphatic carbocycles. The van der Waals surface area contributed by atoms with Crippen molar-refractivity contribution in [2.45, 2.75) is 40.0 Å². The second-order valence-electron chi connectivity index (χ2n) is 6.21. The van der Waals surface area contributed by atoms with E-state index in [4.69, 9.17) is 4.52 Å². The van der Waals surface area contributed by atoms with Crippen LogP contribution in [0.3, 0.4) is 0 Å². The summed E-state index contributed by atoms with van der Waals surface area (Å²) in [6.07, 6.45) is 0.804. The fraction of sp³-hybridized carbons (Fsp3) is 0.389. The molecule has 0 radical (unpaired) electrons. The molecule has 1 aliphatic rings. The number of carbonyl (C=O) groups is 2. The molecule has 0 bridgehead atoms. The van der Waals surface area contributed by atoms with Gasteiger partial charge in [0.1, 0.15) is 5.76 Å². The predicted octanol–water partition coefficient (Wildman–Crippen LogP) is 2.94. The molecular weight excluding hydrogens is 306 g/mol. The Bertz CT molecular complexity index is 790. The third kappa shape index (κ3) is 2.79. The van der Waals surface area contributed by atoms with Gasteiger partial charge in [0.25, 0.3) is 0 Å². The van der Waals surface area contributed by atoms with Crippen LogP contribution in [0.1, 0.15) is 42.3 Å². The number of anilines is 2. The Kier molecular flexibility index (Phi) is 4.13. The van der Waals surface area contributed by atoms with Crippen molar-refractivity contribution in [2.24, 2.45) is 0 Å². The Morgan fingerprint density at radius 2 is 2.08 bits per heavy atom. The zero-order valence-corrected chi connectivity index (χ0v) is 14.3. The van der Waals surface area contributed by atoms with E-state index in [1.807, 2.05) is 39.0 Å². The van der Waals surface area contributed by atoms with Crippen molar-refractivity contribution in [2.75, 3.05) is 16.8 Å². The first-order valence-corrected chi connectivity index (χ1v) is 8.03. The summed E-state index contributed by atoms with van der Waals surface area (Å²) in [6.45, 7) is 7.74. The van der Waals surface area contributed by atoms with E-state index < -0.39 is 0 Å². The fourth-order valence-corrected chi connectivity index (χ4v) is 3.30. The summed E-state index contributed by atoms with van der Waals surface area (Å²) < 4.78 is 5.14. The van der Waals surface area contributed by atoms with Crippen LogP contribution in [0.5, 0.6) is 0 Å². The van der Waals surface area contributed by atoms with Gasteiger partial charge in [-0.2, -0.15) is 0 Å². The van der Waals surface area contributed by atoms with Crippen molar-refractivity contribution >= 4 is 23.2 Å². The third-order valence-electron chi connectivity index (χ3n) is 4.54. The van der Waals surface area contributed by atoms with Crippen LogP contribution in [0.25, 0.3) is 0 Å². The van der Waals surface area contributed by atoms with Crippen LogP contribution < -0.4 is 10.2 Å². The van der Waals surface area contributed by atoms with Crippen molar-refractivity contribution in [3.8, 4) is 0 Å². The lowest BCUT2D eigenvalue weighted by atomic mass is 9.98. The quantitative estimate of drug-likeness (QED) is 0.940. The monoisotopic (exact) mass is 327 g/mol. The predicted molar refractivity (Wildman–Crippen MR) is 91.2 cm³/mol. The lowest BCUT2D eigenvalue weighted by Crippen LogP contribution is -2.25. The van der Waals surface area contributed by atoms with Crippen LogP contribution in [-0.4, -0.2) is 23.5 Å². The number of nitrogens with zero attached hydrogens (tertiary/aromatic N) is 2. The first-order valence-electron chi connectivity index (χ1n) is 8.03. The van der Waals surface area contributed by atoms with Gasteiger partial charge >= 0.3 is 0 Å². The summed E-state index contributed by atoms with van der Waals surface area (Å²) in [6, 6.07) is 5.66. The van der Waals surface area contributed by atoms with E-state index in [0.29, 0.717) is 12.3 Å². The number of aromatic nitrogens is 1. The molecule has 24 heavy (non-hydrogen) atoms. The highest BCUT2D eigenvalue weighted by Crippen LogP contribution is 2.31. The third-order valence-corrected chi connectivity index (χ3v) is 4.54. The standard InChI is InChI=1S/C18H21N3O3/c1-10(17-11(2)20-24-12(17)3)18(23)19-15-5-6-16-14(9-15)7-8-21(16)13(4)22/h5-6,9-10H,7-8H2,1-4H3,(H,19,23)/t10-/m1/s1. The second-order valence-corrected chi connectivity index (χ2v) is 6.21. The van der Waals surface area contributed by atoms with E-state index in [0.717, 1.165) is 34.6 Å². The number of hydrogen-bond acceptors (Lipinski definition) is 4. The first-order chi connectivity index (χ1) is 11.4. The van der Waals surface area contributed by atoms with Gasteiger partial charge in [-0.3, -0.25) is 9.59 Å². The fourth-order valence-electron chi connectivity index (χ4n) is 3.30. The summed E-state index contributed by atoms with van der Waals surface area (Å²) in [4.78, 5) is 25.9. The summed E-state index contributed by atoms with van der Waals surface area (Å²) in [5.41, 5.74) is 4.31. The zero-order valence-electron chi connectivity index (χ0n) is 14.3. The summed E-state index contributed by atoms with van der Waals surface area (Å²) in [7, 11) is 0. The molecule has 0 fully saturated rings. The highest BCUT2D eigenvalue weighted by atomic mass is 16.5. The Hall–Kier alpha value is -2.63. The molecule has 1 atom stereocenters. The number of hydrogen-bond donors (Lipinski definition) is 1. The largest absolute Gasteiger partial charge is 0.361 e. The molecule has 1 N–H and O–H groups in total. The van der Waals surface area contributed by atoms with Gasteiger partial charge in [-0.25, -0.2) is 0 Å². The average Bonchev–Trinajstić information content (AvgIpc) is 3.09. The van der Waals surface area contributed by atoms with E-state index in [2.05, 4.69) is 10.5 Å². The van der Waals surface area contributed by atoms with Gasteiger partial charge in [0, 0.05) is 30.4 Å². The maximum Gasteiger partial charge on any atom is 0.231 e. The molecule has 126 valence electrons.